The normalized spacial score (nSPS) is 17.3. The molecule has 0 saturated carbocycles. The van der Waals surface area contributed by atoms with Gasteiger partial charge in [0.25, 0.3) is 0 Å². The fraction of sp³-hybridized carbons (Fsp3) is 0.600. The molecule has 0 spiro atoms. The number of rotatable bonds is 8. The largest absolute Gasteiger partial charge is 0.399 e. The quantitative estimate of drug-likeness (QED) is 0.642. The van der Waals surface area contributed by atoms with Gasteiger partial charge in [-0.05, 0) is 50.0 Å². The molecule has 17 heavy (non-hydrogen) atoms. The Kier molecular flexibility index (Phi) is 6.58. The van der Waals surface area contributed by atoms with E-state index in [1.807, 2.05) is 0 Å². The van der Waals surface area contributed by atoms with Crippen LogP contribution in [0.5, 0.6) is 0 Å². The third kappa shape index (κ3) is 5.08. The van der Waals surface area contributed by atoms with Crippen molar-refractivity contribution in [1.29, 1.82) is 0 Å². The maximum atomic E-state index is 5.71. The first kappa shape index (κ1) is 14.5. The van der Waals surface area contributed by atoms with Crippen LogP contribution in [-0.2, 0) is 0 Å². The topological polar surface area (TPSA) is 26.0 Å². The molecule has 0 aromatic rings. The van der Waals surface area contributed by atoms with E-state index in [0.29, 0.717) is 0 Å². The molecule has 96 valence electrons. The zero-order chi connectivity index (χ0) is 12.7. The van der Waals surface area contributed by atoms with E-state index in [1.54, 1.807) is 0 Å². The molecule has 0 bridgehead atoms. The van der Waals surface area contributed by atoms with Crippen molar-refractivity contribution in [2.24, 2.45) is 11.7 Å². The minimum absolute atomic E-state index is 0.732. The molecule has 2 N–H and O–H groups in total. The summed E-state index contributed by atoms with van der Waals surface area (Å²) in [5.41, 5.74) is 9.19. The Morgan fingerprint density at radius 1 is 1.47 bits per heavy atom. The van der Waals surface area contributed by atoms with Crippen LogP contribution < -0.4 is 5.73 Å². The lowest BCUT2D eigenvalue weighted by atomic mass is 9.94. The Morgan fingerprint density at radius 3 is 2.76 bits per heavy atom. The van der Waals surface area contributed by atoms with Gasteiger partial charge in [0.15, 0.2) is 0 Å². The van der Waals surface area contributed by atoms with Crippen molar-refractivity contribution in [1.82, 2.24) is 0 Å². The summed E-state index contributed by atoms with van der Waals surface area (Å²) < 4.78 is 0. The van der Waals surface area contributed by atoms with Crippen molar-refractivity contribution in [3.8, 4) is 0 Å². The van der Waals surface area contributed by atoms with Crippen molar-refractivity contribution >= 4 is 8.58 Å². The van der Waals surface area contributed by atoms with Gasteiger partial charge in [-0.15, -0.1) is 8.58 Å². The van der Waals surface area contributed by atoms with Crippen LogP contribution in [0.1, 0.15) is 39.0 Å². The van der Waals surface area contributed by atoms with Gasteiger partial charge >= 0.3 is 0 Å². The zero-order valence-electron chi connectivity index (χ0n) is 11.3. The third-order valence-electron chi connectivity index (χ3n) is 3.60. The van der Waals surface area contributed by atoms with Crippen LogP contribution in [0.3, 0.4) is 0 Å². The van der Waals surface area contributed by atoms with E-state index in [1.165, 1.54) is 43.0 Å². The highest BCUT2D eigenvalue weighted by Gasteiger charge is 2.12. The predicted molar refractivity (Wildman–Crippen MR) is 80.8 cm³/mol. The Morgan fingerprint density at radius 2 is 2.24 bits per heavy atom. The Labute approximate surface area is 108 Å². The summed E-state index contributed by atoms with van der Waals surface area (Å²) in [6.45, 7) is 8.42. The van der Waals surface area contributed by atoms with Crippen LogP contribution in [0.25, 0.3) is 0 Å². The number of hydrogen-bond acceptors (Lipinski definition) is 1. The van der Waals surface area contributed by atoms with Crippen molar-refractivity contribution in [3.05, 3.63) is 35.6 Å². The second kappa shape index (κ2) is 7.71. The SMILES string of the molecule is C=C(N)C1=CC=C(CCC(CC)CCPC)C1. The van der Waals surface area contributed by atoms with Crippen molar-refractivity contribution < 1.29 is 0 Å². The molecule has 0 aliphatic heterocycles. The zero-order valence-corrected chi connectivity index (χ0v) is 12.3. The summed E-state index contributed by atoms with van der Waals surface area (Å²) in [6, 6.07) is 0. The number of hydrogen-bond donors (Lipinski definition) is 1. The molecular formula is C15H26NP. The average molecular weight is 251 g/mol. The fourth-order valence-electron chi connectivity index (χ4n) is 2.26. The maximum Gasteiger partial charge on any atom is 0.0276 e. The Hall–Kier alpha value is -0.550. The van der Waals surface area contributed by atoms with Crippen LogP contribution in [-0.4, -0.2) is 12.8 Å². The first-order valence-electron chi connectivity index (χ1n) is 6.65. The number of allylic oxidation sites excluding steroid dienone is 4. The van der Waals surface area contributed by atoms with Crippen LogP contribution in [0.4, 0.5) is 0 Å². The molecule has 0 aromatic carbocycles. The minimum Gasteiger partial charge on any atom is -0.399 e. The molecule has 2 atom stereocenters. The average Bonchev–Trinajstić information content (AvgIpc) is 2.78. The monoisotopic (exact) mass is 251 g/mol. The molecular weight excluding hydrogens is 225 g/mol. The lowest BCUT2D eigenvalue weighted by Gasteiger charge is -2.14. The summed E-state index contributed by atoms with van der Waals surface area (Å²) >= 11 is 0. The van der Waals surface area contributed by atoms with Crippen LogP contribution in [0.15, 0.2) is 35.6 Å². The highest BCUT2D eigenvalue weighted by molar-refractivity contribution is 7.36. The molecule has 0 amide bonds. The standard InChI is InChI=1S/C15H26NP/c1-4-13(9-10-17-3)5-6-14-7-8-15(11-14)12(2)16/h7-8,13,17H,2,4-6,9-11,16H2,1,3H3. The summed E-state index contributed by atoms with van der Waals surface area (Å²) in [5, 5.41) is 0. The van der Waals surface area contributed by atoms with E-state index in [4.69, 9.17) is 5.73 Å². The molecule has 1 rings (SSSR count). The van der Waals surface area contributed by atoms with Gasteiger partial charge in [-0.2, -0.15) is 0 Å². The van der Waals surface area contributed by atoms with E-state index < -0.39 is 0 Å². The molecule has 1 nitrogen and oxygen atoms in total. The minimum atomic E-state index is 0.732. The second-order valence-electron chi connectivity index (χ2n) is 4.92. The van der Waals surface area contributed by atoms with E-state index >= 15 is 0 Å². The van der Waals surface area contributed by atoms with Gasteiger partial charge in [-0.25, -0.2) is 0 Å². The van der Waals surface area contributed by atoms with Crippen molar-refractivity contribution in [2.45, 2.75) is 39.0 Å². The van der Waals surface area contributed by atoms with Crippen LogP contribution >= 0.6 is 8.58 Å². The maximum absolute atomic E-state index is 5.71. The van der Waals surface area contributed by atoms with Gasteiger partial charge in [-0.3, -0.25) is 0 Å². The van der Waals surface area contributed by atoms with E-state index in [9.17, 15) is 0 Å². The molecule has 0 radical (unpaired) electrons. The van der Waals surface area contributed by atoms with E-state index in [-0.39, 0.29) is 0 Å². The van der Waals surface area contributed by atoms with Crippen LogP contribution in [0.2, 0.25) is 0 Å². The second-order valence-corrected chi connectivity index (χ2v) is 6.13. The molecule has 0 fully saturated rings. The Balaban J connectivity index is 2.26. The molecule has 0 saturated heterocycles. The van der Waals surface area contributed by atoms with E-state index in [2.05, 4.69) is 32.3 Å². The Bertz CT molecular complexity index is 315. The van der Waals surface area contributed by atoms with Gasteiger partial charge in [-0.1, -0.05) is 37.6 Å². The summed E-state index contributed by atoms with van der Waals surface area (Å²) in [7, 11) is 1.10. The first-order chi connectivity index (χ1) is 8.17. The highest BCUT2D eigenvalue weighted by Crippen LogP contribution is 2.28. The third-order valence-corrected chi connectivity index (χ3v) is 4.39. The summed E-state index contributed by atoms with van der Waals surface area (Å²) in [4.78, 5) is 0. The smallest absolute Gasteiger partial charge is 0.0276 e. The van der Waals surface area contributed by atoms with Gasteiger partial charge in [0.1, 0.15) is 0 Å². The lowest BCUT2D eigenvalue weighted by Crippen LogP contribution is -2.02. The molecule has 0 aromatic heterocycles. The van der Waals surface area contributed by atoms with Gasteiger partial charge in [0.2, 0.25) is 0 Å². The molecule has 1 aliphatic rings. The lowest BCUT2D eigenvalue weighted by molar-refractivity contribution is 0.457. The first-order valence-corrected chi connectivity index (χ1v) is 8.36. The van der Waals surface area contributed by atoms with Gasteiger partial charge in [0.05, 0.1) is 0 Å². The highest BCUT2D eigenvalue weighted by atomic mass is 31.1. The molecule has 1 aliphatic carbocycles. The van der Waals surface area contributed by atoms with E-state index in [0.717, 1.165) is 26.6 Å². The summed E-state index contributed by atoms with van der Waals surface area (Å²) in [6.07, 6.45) is 12.1. The molecule has 2 unspecified atom stereocenters. The predicted octanol–water partition coefficient (Wildman–Crippen LogP) is 4.22. The van der Waals surface area contributed by atoms with Gasteiger partial charge < -0.3 is 5.73 Å². The number of nitrogens with two attached hydrogens (primary N) is 1. The van der Waals surface area contributed by atoms with Crippen molar-refractivity contribution in [3.63, 3.8) is 0 Å². The molecule has 2 heteroatoms. The molecule has 0 heterocycles. The van der Waals surface area contributed by atoms with Crippen molar-refractivity contribution in [2.75, 3.05) is 12.8 Å². The summed E-state index contributed by atoms with van der Waals surface area (Å²) in [5.74, 6) is 0.911. The van der Waals surface area contributed by atoms with Gasteiger partial charge in [0, 0.05) is 5.70 Å². The fourth-order valence-corrected chi connectivity index (χ4v) is 2.96. The van der Waals surface area contributed by atoms with Crippen LogP contribution in [0, 0.1) is 5.92 Å².